The minimum Gasteiger partial charge on any atom is -0.495 e. The highest BCUT2D eigenvalue weighted by molar-refractivity contribution is 5.98. The van der Waals surface area contributed by atoms with E-state index in [1.165, 1.54) is 25.3 Å². The summed E-state index contributed by atoms with van der Waals surface area (Å²) < 4.78 is 23.5. The molecule has 0 saturated heterocycles. The first-order valence-corrected chi connectivity index (χ1v) is 8.15. The average molecular weight is 368 g/mol. The standard InChI is InChI=1S/C20H17FN2O4/c1-12-15(9-13-7-8-14(21)10-17(13)22-12)20(25)27-11-19(24)23-16-5-3-4-6-18(16)26-2/h3-10H,11H2,1-2H3,(H,23,24). The normalized spacial score (nSPS) is 10.5. The number of para-hydroxylation sites is 2. The molecule has 0 unspecified atom stereocenters. The number of hydrogen-bond acceptors (Lipinski definition) is 5. The first-order valence-electron chi connectivity index (χ1n) is 8.15. The maximum absolute atomic E-state index is 13.3. The molecular formula is C20H17FN2O4. The van der Waals surface area contributed by atoms with E-state index in [1.807, 2.05) is 0 Å². The number of pyridine rings is 1. The second-order valence-electron chi connectivity index (χ2n) is 5.78. The first kappa shape index (κ1) is 18.3. The van der Waals surface area contributed by atoms with Crippen LogP contribution in [0.4, 0.5) is 10.1 Å². The maximum Gasteiger partial charge on any atom is 0.340 e. The molecule has 0 fully saturated rings. The lowest BCUT2D eigenvalue weighted by atomic mass is 10.1. The number of rotatable bonds is 5. The fourth-order valence-electron chi connectivity index (χ4n) is 2.59. The van der Waals surface area contributed by atoms with Crippen molar-refractivity contribution < 1.29 is 23.5 Å². The predicted octanol–water partition coefficient (Wildman–Crippen LogP) is 3.49. The Hall–Kier alpha value is -3.48. The number of nitrogens with zero attached hydrogens (tertiary/aromatic N) is 1. The molecule has 0 aliphatic carbocycles. The smallest absolute Gasteiger partial charge is 0.340 e. The van der Waals surface area contributed by atoms with Crippen LogP contribution >= 0.6 is 0 Å². The van der Waals surface area contributed by atoms with E-state index in [1.54, 1.807) is 37.3 Å². The van der Waals surface area contributed by atoms with E-state index < -0.39 is 24.3 Å². The number of carbonyl (C=O) groups excluding carboxylic acids is 2. The van der Waals surface area contributed by atoms with Gasteiger partial charge in [0, 0.05) is 11.5 Å². The van der Waals surface area contributed by atoms with E-state index in [4.69, 9.17) is 9.47 Å². The molecule has 0 aliphatic rings. The highest BCUT2D eigenvalue weighted by Crippen LogP contribution is 2.23. The fourth-order valence-corrected chi connectivity index (χ4v) is 2.59. The van der Waals surface area contributed by atoms with Gasteiger partial charge in [-0.2, -0.15) is 0 Å². The zero-order valence-corrected chi connectivity index (χ0v) is 14.8. The number of halogens is 1. The molecule has 7 heteroatoms. The highest BCUT2D eigenvalue weighted by Gasteiger charge is 2.16. The van der Waals surface area contributed by atoms with Crippen molar-refractivity contribution >= 4 is 28.5 Å². The zero-order chi connectivity index (χ0) is 19.4. The van der Waals surface area contributed by atoms with E-state index in [0.29, 0.717) is 28.0 Å². The van der Waals surface area contributed by atoms with Gasteiger partial charge in [-0.05, 0) is 37.3 Å². The van der Waals surface area contributed by atoms with Crippen LogP contribution in [0, 0.1) is 12.7 Å². The number of hydrogen-bond donors (Lipinski definition) is 1. The summed E-state index contributed by atoms with van der Waals surface area (Å²) in [5, 5.41) is 3.22. The number of amides is 1. The number of anilines is 1. The van der Waals surface area contributed by atoms with Crippen molar-refractivity contribution in [3.63, 3.8) is 0 Å². The number of aromatic nitrogens is 1. The molecule has 0 aliphatic heterocycles. The fraction of sp³-hybridized carbons (Fsp3) is 0.150. The lowest BCUT2D eigenvalue weighted by molar-refractivity contribution is -0.119. The van der Waals surface area contributed by atoms with Crippen LogP contribution in [0.15, 0.2) is 48.5 Å². The molecule has 6 nitrogen and oxygen atoms in total. The molecule has 0 radical (unpaired) electrons. The first-order chi connectivity index (χ1) is 13.0. The number of esters is 1. The largest absolute Gasteiger partial charge is 0.495 e. The second kappa shape index (κ2) is 7.82. The van der Waals surface area contributed by atoms with Gasteiger partial charge in [0.15, 0.2) is 6.61 Å². The third kappa shape index (κ3) is 4.20. The van der Waals surface area contributed by atoms with Crippen LogP contribution in [0.1, 0.15) is 16.1 Å². The molecule has 1 heterocycles. The molecule has 1 N–H and O–H groups in total. The zero-order valence-electron chi connectivity index (χ0n) is 14.8. The molecule has 0 spiro atoms. The third-order valence-corrected chi connectivity index (χ3v) is 3.91. The van der Waals surface area contributed by atoms with Gasteiger partial charge in [-0.15, -0.1) is 0 Å². The van der Waals surface area contributed by atoms with Crippen molar-refractivity contribution in [1.82, 2.24) is 4.98 Å². The summed E-state index contributed by atoms with van der Waals surface area (Å²) in [6.07, 6.45) is 0. The van der Waals surface area contributed by atoms with E-state index >= 15 is 0 Å². The van der Waals surface area contributed by atoms with Gasteiger partial charge in [-0.25, -0.2) is 9.18 Å². The molecule has 138 valence electrons. The quantitative estimate of drug-likeness (QED) is 0.698. The predicted molar refractivity (Wildman–Crippen MR) is 98.3 cm³/mol. The van der Waals surface area contributed by atoms with Crippen molar-refractivity contribution in [2.45, 2.75) is 6.92 Å². The van der Waals surface area contributed by atoms with Crippen molar-refractivity contribution in [2.75, 3.05) is 19.0 Å². The Labute approximate surface area is 154 Å². The summed E-state index contributed by atoms with van der Waals surface area (Å²) in [5.74, 6) is -1.08. The third-order valence-electron chi connectivity index (χ3n) is 3.91. The average Bonchev–Trinajstić information content (AvgIpc) is 2.66. The van der Waals surface area contributed by atoms with E-state index in [9.17, 15) is 14.0 Å². The number of carbonyl (C=O) groups is 2. The number of nitrogens with one attached hydrogen (secondary N) is 1. The number of aryl methyl sites for hydroxylation is 1. The SMILES string of the molecule is COc1ccccc1NC(=O)COC(=O)c1cc2ccc(F)cc2nc1C. The Morgan fingerprint density at radius 3 is 2.70 bits per heavy atom. The Kier molecular flexibility index (Phi) is 5.30. The maximum atomic E-state index is 13.3. The van der Waals surface area contributed by atoms with Gasteiger partial charge in [0.2, 0.25) is 0 Å². The summed E-state index contributed by atoms with van der Waals surface area (Å²) >= 11 is 0. The van der Waals surface area contributed by atoms with Crippen LogP contribution in [0.3, 0.4) is 0 Å². The van der Waals surface area contributed by atoms with Crippen LogP contribution in [0.25, 0.3) is 10.9 Å². The van der Waals surface area contributed by atoms with Gasteiger partial charge in [0.1, 0.15) is 11.6 Å². The lowest BCUT2D eigenvalue weighted by Crippen LogP contribution is -2.21. The van der Waals surface area contributed by atoms with Crippen molar-refractivity contribution in [3.05, 3.63) is 65.6 Å². The summed E-state index contributed by atoms with van der Waals surface area (Å²) in [6.45, 7) is 1.16. The topological polar surface area (TPSA) is 77.5 Å². The molecule has 0 atom stereocenters. The number of methoxy groups -OCH3 is 1. The Morgan fingerprint density at radius 2 is 1.93 bits per heavy atom. The molecule has 3 rings (SSSR count). The Morgan fingerprint density at radius 1 is 1.15 bits per heavy atom. The summed E-state index contributed by atoms with van der Waals surface area (Å²) in [6, 6.07) is 12.6. The number of fused-ring (bicyclic) bond motifs is 1. The monoisotopic (exact) mass is 368 g/mol. The Balaban J connectivity index is 1.68. The van der Waals surface area contributed by atoms with E-state index in [2.05, 4.69) is 10.3 Å². The van der Waals surface area contributed by atoms with Gasteiger partial charge < -0.3 is 14.8 Å². The van der Waals surface area contributed by atoms with Gasteiger partial charge in [0.05, 0.1) is 29.6 Å². The molecule has 27 heavy (non-hydrogen) atoms. The summed E-state index contributed by atoms with van der Waals surface area (Å²) in [5.41, 5.74) is 1.53. The molecule has 0 saturated carbocycles. The van der Waals surface area contributed by atoms with Crippen molar-refractivity contribution in [1.29, 1.82) is 0 Å². The van der Waals surface area contributed by atoms with Crippen LogP contribution < -0.4 is 10.1 Å². The second-order valence-corrected chi connectivity index (χ2v) is 5.78. The van der Waals surface area contributed by atoms with Crippen molar-refractivity contribution in [3.8, 4) is 5.75 Å². The van der Waals surface area contributed by atoms with Gasteiger partial charge >= 0.3 is 5.97 Å². The van der Waals surface area contributed by atoms with Crippen LogP contribution in [-0.2, 0) is 9.53 Å². The minimum absolute atomic E-state index is 0.221. The van der Waals surface area contributed by atoms with E-state index in [-0.39, 0.29) is 5.56 Å². The summed E-state index contributed by atoms with van der Waals surface area (Å²) in [7, 11) is 1.49. The molecule has 2 aromatic carbocycles. The molecule has 1 aromatic heterocycles. The molecule has 3 aromatic rings. The van der Waals surface area contributed by atoms with E-state index in [0.717, 1.165) is 0 Å². The van der Waals surface area contributed by atoms with Crippen LogP contribution in [0.5, 0.6) is 5.75 Å². The number of ether oxygens (including phenoxy) is 2. The lowest BCUT2D eigenvalue weighted by Gasteiger charge is -2.11. The number of benzene rings is 2. The highest BCUT2D eigenvalue weighted by atomic mass is 19.1. The van der Waals surface area contributed by atoms with Gasteiger partial charge in [0.25, 0.3) is 5.91 Å². The Bertz CT molecular complexity index is 1020. The van der Waals surface area contributed by atoms with Crippen molar-refractivity contribution in [2.24, 2.45) is 0 Å². The van der Waals surface area contributed by atoms with Crippen LogP contribution in [-0.4, -0.2) is 30.6 Å². The molecular weight excluding hydrogens is 351 g/mol. The summed E-state index contributed by atoms with van der Waals surface area (Å²) in [4.78, 5) is 28.6. The van der Waals surface area contributed by atoms with Gasteiger partial charge in [-0.3, -0.25) is 9.78 Å². The molecule has 0 bridgehead atoms. The minimum atomic E-state index is -0.679. The van der Waals surface area contributed by atoms with Gasteiger partial charge in [-0.1, -0.05) is 12.1 Å². The molecule has 1 amide bonds. The van der Waals surface area contributed by atoms with Crippen LogP contribution in [0.2, 0.25) is 0 Å².